The first-order valence-corrected chi connectivity index (χ1v) is 15.1. The SMILES string of the molecule is CC1(O)CC([C@@H](NC(=O)[C@H]2C[C@H]3CC[C@H]3N2C(=O)c2cccc(S(C)(=O)=O)c2)c2cc(F)c(C(F)(F)F)cc2F)C1. The molecule has 0 bridgehead atoms. The summed E-state index contributed by atoms with van der Waals surface area (Å²) in [6.07, 6.45) is -2.29. The van der Waals surface area contributed by atoms with Crippen LogP contribution in [0.15, 0.2) is 41.3 Å². The molecule has 0 unspecified atom stereocenters. The van der Waals surface area contributed by atoms with Gasteiger partial charge in [0.1, 0.15) is 17.7 Å². The van der Waals surface area contributed by atoms with Gasteiger partial charge in [0.25, 0.3) is 5.91 Å². The number of carbonyl (C=O) groups is 2. The van der Waals surface area contributed by atoms with E-state index >= 15 is 4.39 Å². The fourth-order valence-corrected chi connectivity index (χ4v) is 7.05. The second kappa shape index (κ2) is 10.0. The van der Waals surface area contributed by atoms with Crippen molar-refractivity contribution < 1.29 is 45.1 Å². The third-order valence-corrected chi connectivity index (χ3v) is 9.65. The van der Waals surface area contributed by atoms with E-state index in [0.717, 1.165) is 12.7 Å². The van der Waals surface area contributed by atoms with Crippen LogP contribution in [0.25, 0.3) is 0 Å². The van der Waals surface area contributed by atoms with Crippen LogP contribution in [0.2, 0.25) is 0 Å². The van der Waals surface area contributed by atoms with E-state index in [-0.39, 0.29) is 47.7 Å². The molecule has 1 aliphatic heterocycles. The van der Waals surface area contributed by atoms with Crippen molar-refractivity contribution in [3.05, 3.63) is 64.7 Å². The van der Waals surface area contributed by atoms with Crippen LogP contribution in [-0.2, 0) is 20.8 Å². The second-order valence-electron chi connectivity index (χ2n) is 11.7. The van der Waals surface area contributed by atoms with Gasteiger partial charge in [0.15, 0.2) is 9.84 Å². The predicted molar refractivity (Wildman–Crippen MR) is 136 cm³/mol. The smallest absolute Gasteiger partial charge is 0.390 e. The Kier molecular flexibility index (Phi) is 7.21. The maximum Gasteiger partial charge on any atom is 0.419 e. The summed E-state index contributed by atoms with van der Waals surface area (Å²) >= 11 is 0. The summed E-state index contributed by atoms with van der Waals surface area (Å²) in [6.45, 7) is 1.52. The molecule has 13 heteroatoms. The minimum Gasteiger partial charge on any atom is -0.390 e. The van der Waals surface area contributed by atoms with E-state index in [1.54, 1.807) is 0 Å². The molecule has 0 spiro atoms. The van der Waals surface area contributed by atoms with Crippen LogP contribution in [0.3, 0.4) is 0 Å². The van der Waals surface area contributed by atoms with E-state index in [1.807, 2.05) is 0 Å². The van der Waals surface area contributed by atoms with Crippen molar-refractivity contribution in [2.45, 2.75) is 73.8 Å². The van der Waals surface area contributed by atoms with Crippen LogP contribution < -0.4 is 5.32 Å². The number of hydrogen-bond acceptors (Lipinski definition) is 5. The zero-order valence-electron chi connectivity index (χ0n) is 22.2. The van der Waals surface area contributed by atoms with E-state index < -0.39 is 74.2 Å². The molecule has 2 amide bonds. The Bertz CT molecular complexity index is 1500. The number of halogens is 5. The molecule has 4 atom stereocenters. The van der Waals surface area contributed by atoms with E-state index in [1.165, 1.54) is 36.1 Å². The third-order valence-electron chi connectivity index (χ3n) is 8.54. The second-order valence-corrected chi connectivity index (χ2v) is 13.7. The van der Waals surface area contributed by atoms with Gasteiger partial charge in [0.05, 0.1) is 22.1 Å². The number of fused-ring (bicyclic) bond motifs is 1. The van der Waals surface area contributed by atoms with Crippen molar-refractivity contribution in [2.24, 2.45) is 11.8 Å². The highest BCUT2D eigenvalue weighted by molar-refractivity contribution is 7.90. The minimum atomic E-state index is -5.12. The Labute approximate surface area is 233 Å². The van der Waals surface area contributed by atoms with Crippen LogP contribution in [0.5, 0.6) is 0 Å². The molecule has 2 aromatic rings. The predicted octanol–water partition coefficient (Wildman–Crippen LogP) is 4.40. The Morgan fingerprint density at radius 1 is 1.10 bits per heavy atom. The molecule has 7 nitrogen and oxygen atoms in total. The molecule has 0 radical (unpaired) electrons. The Hall–Kier alpha value is -3.06. The van der Waals surface area contributed by atoms with Gasteiger partial charge < -0.3 is 15.3 Å². The van der Waals surface area contributed by atoms with E-state index in [4.69, 9.17) is 0 Å². The Morgan fingerprint density at radius 2 is 1.78 bits per heavy atom. The lowest BCUT2D eigenvalue weighted by atomic mass is 9.67. The van der Waals surface area contributed by atoms with Crippen molar-refractivity contribution in [1.29, 1.82) is 0 Å². The van der Waals surface area contributed by atoms with Gasteiger partial charge in [0, 0.05) is 23.4 Å². The van der Waals surface area contributed by atoms with Crippen molar-refractivity contribution >= 4 is 21.7 Å². The zero-order chi connectivity index (χ0) is 30.1. The van der Waals surface area contributed by atoms with Crippen molar-refractivity contribution in [3.8, 4) is 0 Å². The number of hydrogen-bond donors (Lipinski definition) is 2. The number of aliphatic hydroxyl groups is 1. The van der Waals surface area contributed by atoms with Gasteiger partial charge >= 0.3 is 6.18 Å². The van der Waals surface area contributed by atoms with Gasteiger partial charge in [-0.1, -0.05) is 6.07 Å². The number of rotatable bonds is 6. The van der Waals surface area contributed by atoms with Crippen molar-refractivity contribution in [1.82, 2.24) is 10.2 Å². The maximum atomic E-state index is 15.1. The van der Waals surface area contributed by atoms with Gasteiger partial charge in [-0.25, -0.2) is 17.2 Å². The molecule has 2 N–H and O–H groups in total. The van der Waals surface area contributed by atoms with Crippen LogP contribution in [-0.4, -0.2) is 54.2 Å². The molecule has 41 heavy (non-hydrogen) atoms. The molecule has 3 aliphatic rings. The minimum absolute atomic E-state index is 0.0101. The molecule has 2 aromatic carbocycles. The highest BCUT2D eigenvalue weighted by atomic mass is 32.2. The summed E-state index contributed by atoms with van der Waals surface area (Å²) in [5, 5.41) is 12.9. The average Bonchev–Trinajstić information content (AvgIpc) is 3.10. The summed E-state index contributed by atoms with van der Waals surface area (Å²) in [4.78, 5) is 28.6. The number of alkyl halides is 3. The highest BCUT2D eigenvalue weighted by Crippen LogP contribution is 2.48. The van der Waals surface area contributed by atoms with E-state index in [2.05, 4.69) is 5.32 Å². The third kappa shape index (κ3) is 5.57. The monoisotopic (exact) mass is 600 g/mol. The molecule has 222 valence electrons. The average molecular weight is 601 g/mol. The number of nitrogens with one attached hydrogen (secondary N) is 1. The van der Waals surface area contributed by atoms with E-state index in [0.29, 0.717) is 12.5 Å². The normalized spacial score (nSPS) is 28.3. The largest absolute Gasteiger partial charge is 0.419 e. The number of carbonyl (C=O) groups excluding carboxylic acids is 2. The van der Waals surface area contributed by atoms with Gasteiger partial charge in [-0.2, -0.15) is 13.2 Å². The highest BCUT2D eigenvalue weighted by Gasteiger charge is 2.52. The standard InChI is InChI=1S/C28H29F5N2O5S/c1-27(38)12-16(13-27)24(18-10-21(30)19(11-20(18)29)28(31,32)33)34-25(36)23-9-14-6-7-22(14)35(23)26(37)15-4-3-5-17(8-15)41(2,39)40/h3-5,8,10-11,14,16,22-24,38H,6-7,9,12-13H2,1-2H3,(H,34,36)/t14-,16?,22-,23-,24-,27?/m1/s1. The topological polar surface area (TPSA) is 104 Å². The van der Waals surface area contributed by atoms with Crippen LogP contribution in [0.4, 0.5) is 22.0 Å². The van der Waals surface area contributed by atoms with E-state index in [9.17, 15) is 40.7 Å². The molecule has 3 fully saturated rings. The fourth-order valence-electron chi connectivity index (χ4n) is 6.38. The number of benzene rings is 2. The van der Waals surface area contributed by atoms with Crippen LogP contribution in [0, 0.1) is 23.5 Å². The lowest BCUT2D eigenvalue weighted by molar-refractivity contribution is -0.140. The Morgan fingerprint density at radius 3 is 2.34 bits per heavy atom. The molecule has 2 aliphatic carbocycles. The molecule has 1 heterocycles. The molecular formula is C28H29F5N2O5S. The van der Waals surface area contributed by atoms with Crippen LogP contribution in [0.1, 0.15) is 66.6 Å². The molecule has 1 saturated heterocycles. The number of sulfone groups is 1. The van der Waals surface area contributed by atoms with Crippen molar-refractivity contribution in [2.75, 3.05) is 6.26 Å². The quantitative estimate of drug-likeness (QED) is 0.479. The summed E-state index contributed by atoms with van der Waals surface area (Å²) < 4.78 is 93.1. The summed E-state index contributed by atoms with van der Waals surface area (Å²) in [7, 11) is -3.61. The number of amides is 2. The van der Waals surface area contributed by atoms with Crippen LogP contribution >= 0.6 is 0 Å². The molecular weight excluding hydrogens is 571 g/mol. The van der Waals surface area contributed by atoms with Crippen molar-refractivity contribution in [3.63, 3.8) is 0 Å². The van der Waals surface area contributed by atoms with Gasteiger partial charge in [-0.05, 0) is 81.2 Å². The summed E-state index contributed by atoms with van der Waals surface area (Å²) in [6, 6.07) is 3.37. The first kappa shape index (κ1) is 29.4. The fraction of sp³-hybridized carbons (Fsp3) is 0.500. The maximum absolute atomic E-state index is 15.1. The van der Waals surface area contributed by atoms with Gasteiger partial charge in [0.2, 0.25) is 5.91 Å². The molecule has 0 aromatic heterocycles. The van der Waals surface area contributed by atoms with Gasteiger partial charge in [-0.15, -0.1) is 0 Å². The number of nitrogens with zero attached hydrogens (tertiary/aromatic N) is 1. The summed E-state index contributed by atoms with van der Waals surface area (Å²) in [5.74, 6) is -4.89. The zero-order valence-corrected chi connectivity index (χ0v) is 23.0. The molecule has 2 saturated carbocycles. The lowest BCUT2D eigenvalue weighted by Crippen LogP contribution is -2.53. The summed E-state index contributed by atoms with van der Waals surface area (Å²) in [5.41, 5.74) is -3.33. The first-order chi connectivity index (χ1) is 19.0. The Balaban J connectivity index is 1.45. The number of likely N-dealkylation sites (tertiary alicyclic amines) is 1. The van der Waals surface area contributed by atoms with Gasteiger partial charge in [-0.3, -0.25) is 9.59 Å². The molecule has 5 rings (SSSR count). The first-order valence-electron chi connectivity index (χ1n) is 13.2. The lowest BCUT2D eigenvalue weighted by Gasteiger charge is -2.45.